The summed E-state index contributed by atoms with van der Waals surface area (Å²) in [6, 6.07) is 0. The molecule has 0 aliphatic carbocycles. The van der Waals surface area contributed by atoms with Gasteiger partial charge in [0.25, 0.3) is 106 Å². The van der Waals surface area contributed by atoms with Crippen molar-refractivity contribution in [3.05, 3.63) is 122 Å². The summed E-state index contributed by atoms with van der Waals surface area (Å²) < 4.78 is 0. The first-order valence-corrected chi connectivity index (χ1v) is 53.8. The average Bonchev–Trinajstić information content (AvgIpc) is 1.74. The van der Waals surface area contributed by atoms with E-state index in [0.29, 0.717) is 65.3 Å². The summed E-state index contributed by atoms with van der Waals surface area (Å²) in [5.41, 5.74) is 0. The molecule has 9 aliphatic rings. The van der Waals surface area contributed by atoms with Crippen molar-refractivity contribution in [2.45, 2.75) is 401 Å². The van der Waals surface area contributed by atoms with Gasteiger partial charge in [-0.25, -0.2) is 0 Å². The lowest BCUT2D eigenvalue weighted by Gasteiger charge is -2.28. The van der Waals surface area contributed by atoms with Crippen LogP contribution < -0.4 is 0 Å². The molecule has 139 heavy (non-hydrogen) atoms. The van der Waals surface area contributed by atoms with Crippen LogP contribution in [0.2, 0.25) is 0 Å². The highest BCUT2D eigenvalue weighted by molar-refractivity contribution is 6.17. The Labute approximate surface area is 831 Å². The molecular formula is C112H171N9O18. The Hall–Kier alpha value is -10.3. The van der Waals surface area contributed by atoms with E-state index in [-0.39, 0.29) is 112 Å². The fourth-order valence-electron chi connectivity index (χ4n) is 18.2. The third-order valence-corrected chi connectivity index (χ3v) is 26.7. The van der Waals surface area contributed by atoms with Crippen LogP contribution >= 0.6 is 0 Å². The molecule has 0 bridgehead atoms. The van der Waals surface area contributed by atoms with Gasteiger partial charge >= 0.3 is 0 Å². The highest BCUT2D eigenvalue weighted by Gasteiger charge is 2.31. The fraction of sp³-hybridized carbons (Fsp3) is 0.661. The summed E-state index contributed by atoms with van der Waals surface area (Å²) in [6.45, 7) is 16.8. The maximum absolute atomic E-state index is 11.7. The zero-order chi connectivity index (χ0) is 101. The molecule has 9 heterocycles. The van der Waals surface area contributed by atoms with Crippen molar-refractivity contribution in [2.75, 3.05) is 58.9 Å². The number of nitrogens with zero attached hydrogens (tertiary/aromatic N) is 9. The molecule has 0 aromatic rings. The molecule has 0 radical (unpaired) electrons. The number of imide groups is 9. The predicted molar refractivity (Wildman–Crippen MR) is 545 cm³/mol. The Bertz CT molecular complexity index is 3830. The molecule has 0 fully saturated rings. The minimum Gasteiger partial charge on any atom is -0.276 e. The number of rotatable bonds is 72. The van der Waals surface area contributed by atoms with Crippen LogP contribution in [-0.4, -0.2) is 209 Å². The summed E-state index contributed by atoms with van der Waals surface area (Å²) >= 11 is 0. The first kappa shape index (κ1) is 121. The highest BCUT2D eigenvalue weighted by Crippen LogP contribution is 2.35. The number of unbranched alkanes of at least 4 members (excludes halogenated alkanes) is 43. The molecule has 0 aromatic carbocycles. The van der Waals surface area contributed by atoms with Gasteiger partial charge in [0.15, 0.2) is 0 Å². The number of amides is 18. The van der Waals surface area contributed by atoms with Crippen LogP contribution in [0.25, 0.3) is 0 Å². The maximum atomic E-state index is 11.7. The number of hydrogen-bond donors (Lipinski definition) is 0. The van der Waals surface area contributed by atoms with Crippen LogP contribution in [0.15, 0.2) is 122 Å². The van der Waals surface area contributed by atoms with Gasteiger partial charge in [-0.05, 0) is 102 Å². The molecule has 0 aromatic heterocycles. The summed E-state index contributed by atoms with van der Waals surface area (Å²) in [5.74, 6) is -1.75. The van der Waals surface area contributed by atoms with E-state index in [1.165, 1.54) is 423 Å². The fourth-order valence-corrected chi connectivity index (χ4v) is 18.2. The van der Waals surface area contributed by atoms with Gasteiger partial charge in [-0.1, -0.05) is 329 Å². The summed E-state index contributed by atoms with van der Waals surface area (Å²) in [6.07, 6.45) is 97.7. The maximum Gasteiger partial charge on any atom is 0.253 e. The zero-order valence-electron chi connectivity index (χ0n) is 85.6. The van der Waals surface area contributed by atoms with Gasteiger partial charge in [0.1, 0.15) is 0 Å². The number of hydrogen-bond acceptors (Lipinski definition) is 18. The molecule has 0 saturated heterocycles. The second-order valence-corrected chi connectivity index (χ2v) is 38.0. The van der Waals surface area contributed by atoms with Crippen LogP contribution in [0.3, 0.4) is 0 Å². The van der Waals surface area contributed by atoms with E-state index in [2.05, 4.69) is 32.9 Å². The van der Waals surface area contributed by atoms with Gasteiger partial charge < -0.3 is 0 Å². The zero-order valence-corrected chi connectivity index (χ0v) is 85.6. The molecular weight excluding hydrogens is 1760 g/mol. The van der Waals surface area contributed by atoms with E-state index in [9.17, 15) is 86.3 Å². The van der Waals surface area contributed by atoms with Crippen molar-refractivity contribution < 1.29 is 86.3 Å². The second-order valence-electron chi connectivity index (χ2n) is 38.0. The first-order chi connectivity index (χ1) is 67.3. The van der Waals surface area contributed by atoms with E-state index in [4.69, 9.17) is 0 Å². The predicted octanol–water partition coefficient (Wildman–Crippen LogP) is 20.6. The smallest absolute Gasteiger partial charge is 0.253 e. The minimum atomic E-state index is -0.282. The summed E-state index contributed by atoms with van der Waals surface area (Å²) in [5, 5.41) is 0. The molecule has 18 amide bonds. The topological polar surface area (TPSA) is 336 Å². The van der Waals surface area contributed by atoms with Crippen molar-refractivity contribution in [3.63, 3.8) is 0 Å². The lowest BCUT2D eigenvalue weighted by Crippen LogP contribution is -2.35. The minimum absolute atomic E-state index is 0.128. The average molecular weight is 1930 g/mol. The SMILES string of the molecule is CC(CCCN1C(=O)C=CC1=O)CN1C(=O)C=CC1=O.CCCCCCCCC(CCCCCCCCCN1C(=O)C=CC1=O)C(CCCCCCCC)CCCCCCCCCN1C(=O)C=CC1=O.CCCCCCCCC/C=C/CCCCCCCN1C(=O)C=CC1=O.CCN1C(=O)C=CC1=O.CCN1C(=O)C=CC1=O.O=C1C=CC(=O)N1CCCCCCCCCCCCN1C(=O)C=CC1=O. The molecule has 772 valence electrons. The van der Waals surface area contributed by atoms with E-state index in [0.717, 1.165) is 95.3 Å². The third kappa shape index (κ3) is 51.6. The lowest BCUT2D eigenvalue weighted by molar-refractivity contribution is -0.139. The van der Waals surface area contributed by atoms with Gasteiger partial charge in [0, 0.05) is 168 Å². The number of carbonyl (C=O) groups is 18. The van der Waals surface area contributed by atoms with Crippen LogP contribution in [-0.2, 0) is 86.3 Å². The molecule has 0 N–H and O–H groups in total. The van der Waals surface area contributed by atoms with E-state index in [1.54, 1.807) is 13.8 Å². The second kappa shape index (κ2) is 75.5. The Morgan fingerprint density at radius 1 is 0.173 bits per heavy atom. The molecule has 3 atom stereocenters. The van der Waals surface area contributed by atoms with Crippen molar-refractivity contribution in [1.29, 1.82) is 0 Å². The van der Waals surface area contributed by atoms with Crippen LogP contribution in [0.5, 0.6) is 0 Å². The Kier molecular flexibility index (Phi) is 65.7. The Morgan fingerprint density at radius 3 is 0.504 bits per heavy atom. The standard InChI is InChI=1S/C44H76N2O4.C22H37NO2.C20H28N2O4.C14H16N2O4.2C6H7NO2/c1-3-5-7-9-17-23-29-39(31-25-19-13-11-15-21-27-37-45-41(47)33-34-42(45)48)40(30-24-18-10-8-6-4-2)32-26-20-14-12-16-22-28-38-46-43(49)35-36-44(46)50;1-2-3-4-5-6-7-8-9-10-11-12-13-14-15-16-17-20-23-21(24)18-19-22(23)25;23-17-11-12-18(24)21(17)15-9-7-5-3-1-2-4-6-8-10-16-22-19(25)13-14-20(22)26;1-10(9-16-13(19)6-7-14(16)20)3-2-8-15-11(17)4-5-12(15)18;2*1-2-7-5(8)3-4-6(7)9/h33-36,39-40H,3-32,37-38H2,1-2H3;10-11,18-19H,2-9,12-17,20H2,1H3;11-14H,1-10,15-16H2;4-7,10H,2-3,8-9H2,1H3;2*3-4H,2H2,1H3/b;11-10+;;;;. The first-order valence-electron chi connectivity index (χ1n) is 53.8. The molecule has 9 aliphatic heterocycles. The Balaban J connectivity index is 0.000000382. The van der Waals surface area contributed by atoms with Gasteiger partial charge in [0.2, 0.25) is 0 Å². The molecule has 0 saturated carbocycles. The molecule has 0 spiro atoms. The highest BCUT2D eigenvalue weighted by atomic mass is 16.2. The molecule has 9 rings (SSSR count). The van der Waals surface area contributed by atoms with E-state index < -0.39 is 0 Å². The van der Waals surface area contributed by atoms with Crippen molar-refractivity contribution in [2.24, 2.45) is 17.8 Å². The van der Waals surface area contributed by atoms with Gasteiger partial charge in [-0.3, -0.25) is 130 Å². The number of carbonyl (C=O) groups excluding carboxylic acids is 18. The van der Waals surface area contributed by atoms with Crippen LogP contribution in [0.1, 0.15) is 401 Å². The lowest BCUT2D eigenvalue weighted by atomic mass is 9.78. The largest absolute Gasteiger partial charge is 0.276 e. The molecule has 3 unspecified atom stereocenters. The molecule has 27 heteroatoms. The van der Waals surface area contributed by atoms with E-state index >= 15 is 0 Å². The molecule has 27 nitrogen and oxygen atoms in total. The van der Waals surface area contributed by atoms with Crippen LogP contribution in [0, 0.1) is 17.8 Å². The summed E-state index contributed by atoms with van der Waals surface area (Å²) in [4.78, 5) is 215. The van der Waals surface area contributed by atoms with Gasteiger partial charge in [-0.2, -0.15) is 0 Å². The number of likely N-dealkylation sites (N-methyl/N-ethyl adjacent to an activating group) is 2. The Morgan fingerprint density at radius 2 is 0.324 bits per heavy atom. The monoisotopic (exact) mass is 1930 g/mol. The number of allylic oxidation sites excluding steroid dienone is 2. The van der Waals surface area contributed by atoms with Gasteiger partial charge in [0.05, 0.1) is 0 Å². The van der Waals surface area contributed by atoms with Crippen molar-refractivity contribution >= 4 is 106 Å². The quantitative estimate of drug-likeness (QED) is 0.0310. The third-order valence-electron chi connectivity index (χ3n) is 26.7. The summed E-state index contributed by atoms with van der Waals surface area (Å²) in [7, 11) is 0. The van der Waals surface area contributed by atoms with Gasteiger partial charge in [-0.15, -0.1) is 0 Å². The van der Waals surface area contributed by atoms with Crippen molar-refractivity contribution in [1.82, 2.24) is 44.1 Å². The van der Waals surface area contributed by atoms with Crippen LogP contribution in [0.4, 0.5) is 0 Å². The van der Waals surface area contributed by atoms with Crippen molar-refractivity contribution in [3.8, 4) is 0 Å². The normalized spacial score (nSPS) is 16.5. The van der Waals surface area contributed by atoms with E-state index in [1.807, 2.05) is 6.92 Å².